The zero-order chi connectivity index (χ0) is 18.8. The van der Waals surface area contributed by atoms with Crippen LogP contribution in [0.15, 0.2) is 45.3 Å². The fraction of sp³-hybridized carbons (Fsp3) is 0.222. The number of hydrogen-bond donors (Lipinski definition) is 0. The summed E-state index contributed by atoms with van der Waals surface area (Å²) in [6.07, 6.45) is 1.62. The normalized spacial score (nSPS) is 11.0. The van der Waals surface area contributed by atoms with Gasteiger partial charge in [-0.25, -0.2) is 4.98 Å². The fourth-order valence-electron chi connectivity index (χ4n) is 2.57. The SMILES string of the molecule is C=CCn1c(SCc2c(C)noc2C)nc2cc(C(=O)[O-])ccc2c1=O. The van der Waals surface area contributed by atoms with E-state index in [1.807, 2.05) is 13.8 Å². The predicted molar refractivity (Wildman–Crippen MR) is 96.1 cm³/mol. The molecule has 1 aromatic carbocycles. The van der Waals surface area contributed by atoms with Crippen LogP contribution in [0.3, 0.4) is 0 Å². The van der Waals surface area contributed by atoms with Gasteiger partial charge < -0.3 is 14.4 Å². The third-order valence-corrected chi connectivity index (χ3v) is 5.00. The van der Waals surface area contributed by atoms with E-state index in [2.05, 4.69) is 16.7 Å². The highest BCUT2D eigenvalue weighted by Gasteiger charge is 2.15. The van der Waals surface area contributed by atoms with Crippen molar-refractivity contribution in [2.75, 3.05) is 0 Å². The Hall–Kier alpha value is -2.87. The van der Waals surface area contributed by atoms with Gasteiger partial charge in [-0.15, -0.1) is 6.58 Å². The Balaban J connectivity index is 2.09. The van der Waals surface area contributed by atoms with Crippen molar-refractivity contribution in [3.63, 3.8) is 0 Å². The largest absolute Gasteiger partial charge is 0.545 e. The molecule has 0 fully saturated rings. The van der Waals surface area contributed by atoms with Crippen LogP contribution in [0.25, 0.3) is 10.9 Å². The second-order valence-electron chi connectivity index (χ2n) is 5.71. The molecule has 0 saturated heterocycles. The highest BCUT2D eigenvalue weighted by atomic mass is 32.2. The third-order valence-electron chi connectivity index (χ3n) is 3.99. The van der Waals surface area contributed by atoms with Crippen LogP contribution in [0.4, 0.5) is 0 Å². The summed E-state index contributed by atoms with van der Waals surface area (Å²) in [5.74, 6) is -0.0716. The predicted octanol–water partition coefficient (Wildman–Crippen LogP) is 1.84. The number of carbonyl (C=O) groups excluding carboxylic acids is 1. The van der Waals surface area contributed by atoms with Gasteiger partial charge in [0.25, 0.3) is 5.56 Å². The molecule has 26 heavy (non-hydrogen) atoms. The molecule has 8 heteroatoms. The molecule has 0 radical (unpaired) electrons. The molecule has 2 heterocycles. The number of carbonyl (C=O) groups is 1. The molecular formula is C18H16N3O4S-. The van der Waals surface area contributed by atoms with Crippen LogP contribution in [0.2, 0.25) is 0 Å². The van der Waals surface area contributed by atoms with Gasteiger partial charge in [0.2, 0.25) is 0 Å². The van der Waals surface area contributed by atoms with Crippen molar-refractivity contribution in [3.8, 4) is 0 Å². The number of fused-ring (bicyclic) bond motifs is 1. The maximum absolute atomic E-state index is 12.8. The highest BCUT2D eigenvalue weighted by Crippen LogP contribution is 2.25. The number of allylic oxidation sites excluding steroid dienone is 1. The van der Waals surface area contributed by atoms with Crippen LogP contribution >= 0.6 is 11.8 Å². The first-order valence-electron chi connectivity index (χ1n) is 7.83. The summed E-state index contributed by atoms with van der Waals surface area (Å²) in [5.41, 5.74) is 1.78. The monoisotopic (exact) mass is 370 g/mol. The van der Waals surface area contributed by atoms with Gasteiger partial charge in [-0.3, -0.25) is 9.36 Å². The first kappa shape index (κ1) is 17.9. The topological polar surface area (TPSA) is 101 Å². The number of rotatable bonds is 6. The molecule has 3 aromatic rings. The molecular weight excluding hydrogens is 354 g/mol. The Morgan fingerprint density at radius 1 is 1.42 bits per heavy atom. The first-order valence-corrected chi connectivity index (χ1v) is 8.82. The lowest BCUT2D eigenvalue weighted by molar-refractivity contribution is -0.255. The minimum absolute atomic E-state index is 0.0208. The Kier molecular flexibility index (Phi) is 4.94. The lowest BCUT2D eigenvalue weighted by Gasteiger charge is -2.12. The quantitative estimate of drug-likeness (QED) is 0.371. The van der Waals surface area contributed by atoms with Gasteiger partial charge >= 0.3 is 0 Å². The Labute approximate surface area is 153 Å². The molecule has 0 bridgehead atoms. The van der Waals surface area contributed by atoms with Crippen LogP contribution in [-0.2, 0) is 12.3 Å². The molecule has 2 aromatic heterocycles. The molecule has 0 saturated carbocycles. The number of thioether (sulfide) groups is 1. The summed E-state index contributed by atoms with van der Waals surface area (Å²) in [7, 11) is 0. The molecule has 0 amide bonds. The van der Waals surface area contributed by atoms with Crippen molar-refractivity contribution in [1.29, 1.82) is 0 Å². The molecule has 7 nitrogen and oxygen atoms in total. The number of aryl methyl sites for hydroxylation is 2. The van der Waals surface area contributed by atoms with Crippen LogP contribution in [0.5, 0.6) is 0 Å². The number of carboxylic acids is 1. The van der Waals surface area contributed by atoms with E-state index in [-0.39, 0.29) is 11.1 Å². The zero-order valence-corrected chi connectivity index (χ0v) is 15.1. The summed E-state index contributed by atoms with van der Waals surface area (Å²) < 4.78 is 6.67. The number of nitrogens with zero attached hydrogens (tertiary/aromatic N) is 3. The van der Waals surface area contributed by atoms with Gasteiger partial charge in [0.05, 0.1) is 22.6 Å². The van der Waals surface area contributed by atoms with E-state index in [1.165, 1.54) is 34.5 Å². The molecule has 0 unspecified atom stereocenters. The summed E-state index contributed by atoms with van der Waals surface area (Å²) in [5, 5.41) is 15.8. The van der Waals surface area contributed by atoms with E-state index < -0.39 is 5.97 Å². The summed E-state index contributed by atoms with van der Waals surface area (Å²) >= 11 is 1.36. The second kappa shape index (κ2) is 7.17. The minimum Gasteiger partial charge on any atom is -0.545 e. The smallest absolute Gasteiger partial charge is 0.262 e. The van der Waals surface area contributed by atoms with Crippen molar-refractivity contribution < 1.29 is 14.4 Å². The van der Waals surface area contributed by atoms with Gasteiger partial charge in [0.1, 0.15) is 5.76 Å². The van der Waals surface area contributed by atoms with Gasteiger partial charge in [-0.2, -0.15) is 0 Å². The molecule has 0 aliphatic heterocycles. The van der Waals surface area contributed by atoms with Crippen molar-refractivity contribution in [2.45, 2.75) is 31.3 Å². The molecule has 0 spiro atoms. The molecule has 3 rings (SSSR count). The first-order chi connectivity index (χ1) is 12.4. The van der Waals surface area contributed by atoms with Crippen molar-refractivity contribution in [2.24, 2.45) is 0 Å². The third kappa shape index (κ3) is 3.28. The van der Waals surface area contributed by atoms with Crippen molar-refractivity contribution in [3.05, 3.63) is 63.8 Å². The summed E-state index contributed by atoms with van der Waals surface area (Å²) in [6.45, 7) is 7.66. The lowest BCUT2D eigenvalue weighted by Crippen LogP contribution is -2.24. The maximum atomic E-state index is 12.8. The van der Waals surface area contributed by atoms with Gasteiger partial charge in [0.15, 0.2) is 5.16 Å². The average Bonchev–Trinajstić information content (AvgIpc) is 2.93. The molecule has 0 atom stereocenters. The Morgan fingerprint density at radius 3 is 2.81 bits per heavy atom. The van der Waals surface area contributed by atoms with Gasteiger partial charge in [-0.05, 0) is 31.5 Å². The fourth-order valence-corrected chi connectivity index (χ4v) is 3.73. The van der Waals surface area contributed by atoms with Crippen LogP contribution in [0, 0.1) is 13.8 Å². The highest BCUT2D eigenvalue weighted by molar-refractivity contribution is 7.98. The minimum atomic E-state index is -1.31. The molecule has 0 N–H and O–H groups in total. The molecule has 134 valence electrons. The van der Waals surface area contributed by atoms with Crippen molar-refractivity contribution >= 4 is 28.6 Å². The lowest BCUT2D eigenvalue weighted by atomic mass is 10.1. The molecule has 0 aliphatic carbocycles. The average molecular weight is 370 g/mol. The standard InChI is InChI=1S/C18H17N3O4S/c1-4-7-21-16(22)13-6-5-12(17(23)24)8-15(13)19-18(21)26-9-14-10(2)20-25-11(14)3/h4-6,8H,1,7,9H2,2-3H3,(H,23,24)/p-1. The van der Waals surface area contributed by atoms with Crippen LogP contribution < -0.4 is 10.7 Å². The van der Waals surface area contributed by atoms with Crippen LogP contribution in [0.1, 0.15) is 27.4 Å². The van der Waals surface area contributed by atoms with E-state index in [9.17, 15) is 14.7 Å². The van der Waals surface area contributed by atoms with E-state index in [0.29, 0.717) is 34.1 Å². The number of aromatic nitrogens is 3. The number of carboxylic acid groups (broad SMARTS) is 1. The van der Waals surface area contributed by atoms with Gasteiger partial charge in [-0.1, -0.05) is 29.1 Å². The zero-order valence-electron chi connectivity index (χ0n) is 14.3. The van der Waals surface area contributed by atoms with Gasteiger partial charge in [0, 0.05) is 17.9 Å². The van der Waals surface area contributed by atoms with Crippen LogP contribution in [-0.4, -0.2) is 20.7 Å². The van der Waals surface area contributed by atoms with E-state index in [4.69, 9.17) is 4.52 Å². The Bertz CT molecular complexity index is 1050. The van der Waals surface area contributed by atoms with E-state index in [0.717, 1.165) is 11.3 Å². The second-order valence-corrected chi connectivity index (χ2v) is 6.65. The Morgan fingerprint density at radius 2 is 2.19 bits per heavy atom. The number of benzene rings is 1. The summed E-state index contributed by atoms with van der Waals surface area (Å²) in [6, 6.07) is 4.15. The van der Waals surface area contributed by atoms with E-state index >= 15 is 0 Å². The number of aromatic carboxylic acids is 1. The summed E-state index contributed by atoms with van der Waals surface area (Å²) in [4.78, 5) is 28.4. The molecule has 0 aliphatic rings. The maximum Gasteiger partial charge on any atom is 0.262 e. The number of hydrogen-bond acceptors (Lipinski definition) is 7. The van der Waals surface area contributed by atoms with E-state index in [1.54, 1.807) is 6.08 Å². The van der Waals surface area contributed by atoms with Crippen molar-refractivity contribution in [1.82, 2.24) is 14.7 Å².